The van der Waals surface area contributed by atoms with Crippen molar-refractivity contribution < 1.29 is 9.90 Å². The Labute approximate surface area is 100 Å². The van der Waals surface area contributed by atoms with Crippen molar-refractivity contribution in [2.75, 3.05) is 6.61 Å². The molecule has 2 N–H and O–H groups in total. The van der Waals surface area contributed by atoms with Crippen molar-refractivity contribution in [3.8, 4) is 0 Å². The first-order valence-corrected chi connectivity index (χ1v) is 5.77. The molecule has 1 aromatic rings. The Morgan fingerprint density at radius 2 is 2.06 bits per heavy atom. The van der Waals surface area contributed by atoms with Gasteiger partial charge in [-0.15, -0.1) is 11.6 Å². The molecule has 0 bridgehead atoms. The Bertz CT molecular complexity index is 337. The lowest BCUT2D eigenvalue weighted by molar-refractivity contribution is 0.0934. The molecule has 0 radical (unpaired) electrons. The lowest BCUT2D eigenvalue weighted by atomic mass is 10.1. The first-order chi connectivity index (χ1) is 7.67. The summed E-state index contributed by atoms with van der Waals surface area (Å²) in [4.78, 5) is 11.7. The van der Waals surface area contributed by atoms with Crippen molar-refractivity contribution in [2.45, 2.75) is 25.3 Å². The fourth-order valence-electron chi connectivity index (χ4n) is 1.32. The predicted octanol–water partition coefficient (Wildman–Crippen LogP) is 1.93. The Kier molecular flexibility index (Phi) is 5.29. The van der Waals surface area contributed by atoms with Crippen molar-refractivity contribution in [3.63, 3.8) is 0 Å². The molecule has 0 aliphatic heterocycles. The molecule has 0 spiro atoms. The van der Waals surface area contributed by atoms with Crippen LogP contribution >= 0.6 is 11.6 Å². The normalized spacial score (nSPS) is 12.2. The number of hydrogen-bond acceptors (Lipinski definition) is 2. The van der Waals surface area contributed by atoms with Gasteiger partial charge in [0.05, 0.1) is 0 Å². The number of hydrogen-bond donors (Lipinski definition) is 2. The Balaban J connectivity index is 2.59. The van der Waals surface area contributed by atoms with Gasteiger partial charge in [-0.25, -0.2) is 0 Å². The maximum atomic E-state index is 11.7. The summed E-state index contributed by atoms with van der Waals surface area (Å²) in [7, 11) is 0. The van der Waals surface area contributed by atoms with Gasteiger partial charge in [0.2, 0.25) is 0 Å². The van der Waals surface area contributed by atoms with Gasteiger partial charge in [-0.3, -0.25) is 4.79 Å². The number of benzene rings is 1. The van der Waals surface area contributed by atoms with E-state index in [1.165, 1.54) is 0 Å². The standard InChI is InChI=1S/C12H16ClNO2/c1-9(6-7-15)14-12(16)11-4-2-10(8-13)3-5-11/h2-5,9,15H,6-8H2,1H3,(H,14,16). The van der Waals surface area contributed by atoms with Crippen molar-refractivity contribution >= 4 is 17.5 Å². The molecule has 88 valence electrons. The van der Waals surface area contributed by atoms with Crippen molar-refractivity contribution in [2.24, 2.45) is 0 Å². The second kappa shape index (κ2) is 6.51. The van der Waals surface area contributed by atoms with Crippen molar-refractivity contribution in [1.82, 2.24) is 5.32 Å². The van der Waals surface area contributed by atoms with Crippen LogP contribution < -0.4 is 5.32 Å². The van der Waals surface area contributed by atoms with Gasteiger partial charge >= 0.3 is 0 Å². The second-order valence-corrected chi connectivity index (χ2v) is 3.98. The number of amides is 1. The van der Waals surface area contributed by atoms with E-state index in [2.05, 4.69) is 5.32 Å². The Morgan fingerprint density at radius 1 is 1.44 bits per heavy atom. The van der Waals surface area contributed by atoms with Gasteiger partial charge in [0.15, 0.2) is 0 Å². The highest BCUT2D eigenvalue weighted by Crippen LogP contribution is 2.07. The third kappa shape index (κ3) is 3.83. The first-order valence-electron chi connectivity index (χ1n) is 5.24. The highest BCUT2D eigenvalue weighted by Gasteiger charge is 2.08. The number of aliphatic hydroxyl groups excluding tert-OH is 1. The molecule has 0 aromatic heterocycles. The lowest BCUT2D eigenvalue weighted by Gasteiger charge is -2.12. The number of aliphatic hydroxyl groups is 1. The molecule has 0 aliphatic carbocycles. The van der Waals surface area contributed by atoms with Crippen LogP contribution in [0.15, 0.2) is 24.3 Å². The van der Waals surface area contributed by atoms with Gasteiger partial charge in [0.25, 0.3) is 5.91 Å². The molecule has 1 rings (SSSR count). The van der Waals surface area contributed by atoms with Gasteiger partial charge in [-0.2, -0.15) is 0 Å². The summed E-state index contributed by atoms with van der Waals surface area (Å²) in [6, 6.07) is 7.14. The molecule has 1 unspecified atom stereocenters. The van der Waals surface area contributed by atoms with E-state index in [1.54, 1.807) is 12.1 Å². The van der Waals surface area contributed by atoms with Gasteiger partial charge in [0.1, 0.15) is 0 Å². The number of rotatable bonds is 5. The van der Waals surface area contributed by atoms with E-state index < -0.39 is 0 Å². The van der Waals surface area contributed by atoms with Crippen molar-refractivity contribution in [3.05, 3.63) is 35.4 Å². The molecule has 0 heterocycles. The summed E-state index contributed by atoms with van der Waals surface area (Å²) in [5, 5.41) is 11.5. The number of alkyl halides is 1. The van der Waals surface area contributed by atoms with E-state index in [9.17, 15) is 4.79 Å². The van der Waals surface area contributed by atoms with Gasteiger partial charge in [-0.1, -0.05) is 12.1 Å². The molecule has 0 saturated heterocycles. The molecule has 1 amide bonds. The average molecular weight is 242 g/mol. The van der Waals surface area contributed by atoms with E-state index in [0.29, 0.717) is 17.9 Å². The van der Waals surface area contributed by atoms with Crippen LogP contribution in [0.1, 0.15) is 29.3 Å². The second-order valence-electron chi connectivity index (χ2n) is 3.72. The predicted molar refractivity (Wildman–Crippen MR) is 64.6 cm³/mol. The lowest BCUT2D eigenvalue weighted by Crippen LogP contribution is -2.33. The molecule has 1 atom stereocenters. The molecule has 0 aliphatic rings. The van der Waals surface area contributed by atoms with Crippen LogP contribution in [0.4, 0.5) is 0 Å². The fourth-order valence-corrected chi connectivity index (χ4v) is 1.50. The van der Waals surface area contributed by atoms with Crippen LogP contribution in [0.3, 0.4) is 0 Å². The summed E-state index contributed by atoms with van der Waals surface area (Å²) in [5.41, 5.74) is 1.60. The molecule has 0 saturated carbocycles. The van der Waals surface area contributed by atoms with Crippen LogP contribution in [0.2, 0.25) is 0 Å². The van der Waals surface area contributed by atoms with Gasteiger partial charge < -0.3 is 10.4 Å². The largest absolute Gasteiger partial charge is 0.396 e. The Hall–Kier alpha value is -1.06. The Morgan fingerprint density at radius 3 is 2.56 bits per heavy atom. The number of nitrogens with one attached hydrogen (secondary N) is 1. The average Bonchev–Trinajstić information content (AvgIpc) is 2.29. The first kappa shape index (κ1) is 13.0. The molecular weight excluding hydrogens is 226 g/mol. The molecule has 1 aromatic carbocycles. The minimum Gasteiger partial charge on any atom is -0.396 e. The van der Waals surface area contributed by atoms with Crippen LogP contribution in [0.5, 0.6) is 0 Å². The smallest absolute Gasteiger partial charge is 0.251 e. The molecule has 3 nitrogen and oxygen atoms in total. The topological polar surface area (TPSA) is 49.3 Å². The monoisotopic (exact) mass is 241 g/mol. The summed E-state index contributed by atoms with van der Waals surface area (Å²) in [5.74, 6) is 0.324. The van der Waals surface area contributed by atoms with Crippen LogP contribution in [-0.2, 0) is 5.88 Å². The number of carbonyl (C=O) groups is 1. The highest BCUT2D eigenvalue weighted by atomic mass is 35.5. The van der Waals surface area contributed by atoms with E-state index in [0.717, 1.165) is 5.56 Å². The number of halogens is 1. The molecular formula is C12H16ClNO2. The zero-order chi connectivity index (χ0) is 12.0. The minimum absolute atomic E-state index is 0.0230. The summed E-state index contributed by atoms with van der Waals surface area (Å²) in [6.45, 7) is 1.94. The summed E-state index contributed by atoms with van der Waals surface area (Å²) in [6.07, 6.45) is 0.561. The van der Waals surface area contributed by atoms with E-state index >= 15 is 0 Å². The van der Waals surface area contributed by atoms with Crippen LogP contribution in [0, 0.1) is 0 Å². The maximum Gasteiger partial charge on any atom is 0.251 e. The third-order valence-electron chi connectivity index (χ3n) is 2.31. The quantitative estimate of drug-likeness (QED) is 0.774. The molecule has 16 heavy (non-hydrogen) atoms. The third-order valence-corrected chi connectivity index (χ3v) is 2.62. The maximum absolute atomic E-state index is 11.7. The van der Waals surface area contributed by atoms with Crippen LogP contribution in [-0.4, -0.2) is 23.7 Å². The fraction of sp³-hybridized carbons (Fsp3) is 0.417. The minimum atomic E-state index is -0.123. The van der Waals surface area contributed by atoms with Gasteiger partial charge in [-0.05, 0) is 31.0 Å². The van der Waals surface area contributed by atoms with Crippen molar-refractivity contribution in [1.29, 1.82) is 0 Å². The molecule has 4 heteroatoms. The summed E-state index contributed by atoms with van der Waals surface area (Å²) < 4.78 is 0. The van der Waals surface area contributed by atoms with E-state index in [-0.39, 0.29) is 18.6 Å². The SMILES string of the molecule is CC(CCO)NC(=O)c1ccc(CCl)cc1. The molecule has 0 fully saturated rings. The zero-order valence-corrected chi connectivity index (χ0v) is 10.00. The number of carbonyl (C=O) groups excluding carboxylic acids is 1. The highest BCUT2D eigenvalue weighted by molar-refractivity contribution is 6.17. The van der Waals surface area contributed by atoms with Gasteiger partial charge in [0, 0.05) is 24.1 Å². The van der Waals surface area contributed by atoms with E-state index in [4.69, 9.17) is 16.7 Å². The zero-order valence-electron chi connectivity index (χ0n) is 9.24. The summed E-state index contributed by atoms with van der Waals surface area (Å²) >= 11 is 5.66. The van der Waals surface area contributed by atoms with Crippen LogP contribution in [0.25, 0.3) is 0 Å². The van der Waals surface area contributed by atoms with E-state index in [1.807, 2.05) is 19.1 Å².